The van der Waals surface area contributed by atoms with Gasteiger partial charge in [-0.2, -0.15) is 5.10 Å². The lowest BCUT2D eigenvalue weighted by Gasteiger charge is -2.06. The first-order valence-electron chi connectivity index (χ1n) is 5.96. The van der Waals surface area contributed by atoms with Crippen LogP contribution in [0.5, 0.6) is 0 Å². The van der Waals surface area contributed by atoms with Gasteiger partial charge < -0.3 is 5.32 Å². The molecule has 102 valence electrons. The van der Waals surface area contributed by atoms with Crippen molar-refractivity contribution >= 4 is 29.4 Å². The van der Waals surface area contributed by atoms with E-state index in [2.05, 4.69) is 20.8 Å². The maximum absolute atomic E-state index is 11.6. The second-order valence-electron chi connectivity index (χ2n) is 3.91. The fraction of sp³-hybridized carbons (Fsp3) is 0.0714. The summed E-state index contributed by atoms with van der Waals surface area (Å²) >= 11 is 5.96. The predicted molar refractivity (Wildman–Crippen MR) is 79.9 cm³/mol. The lowest BCUT2D eigenvalue weighted by Crippen LogP contribution is -2.25. The van der Waals surface area contributed by atoms with E-state index in [1.807, 2.05) is 18.2 Å². The molecular weight excluding hydrogens is 276 g/mol. The highest BCUT2D eigenvalue weighted by atomic mass is 35.5. The van der Waals surface area contributed by atoms with Crippen molar-refractivity contribution in [3.63, 3.8) is 0 Å². The first-order valence-corrected chi connectivity index (χ1v) is 6.34. The molecule has 20 heavy (non-hydrogen) atoms. The number of hydrogen-bond acceptors (Lipinski definition) is 4. The van der Waals surface area contributed by atoms with Crippen LogP contribution in [0.1, 0.15) is 5.56 Å². The fourth-order valence-corrected chi connectivity index (χ4v) is 1.65. The Bertz CT molecular complexity index is 601. The Morgan fingerprint density at radius 2 is 2.15 bits per heavy atom. The van der Waals surface area contributed by atoms with E-state index >= 15 is 0 Å². The highest BCUT2D eigenvalue weighted by molar-refractivity contribution is 6.33. The van der Waals surface area contributed by atoms with E-state index in [0.29, 0.717) is 10.7 Å². The maximum atomic E-state index is 11.6. The zero-order chi connectivity index (χ0) is 14.2. The van der Waals surface area contributed by atoms with Crippen LogP contribution in [0.25, 0.3) is 0 Å². The van der Waals surface area contributed by atoms with Gasteiger partial charge in [0.1, 0.15) is 0 Å². The van der Waals surface area contributed by atoms with Crippen molar-refractivity contribution in [1.82, 2.24) is 10.4 Å². The summed E-state index contributed by atoms with van der Waals surface area (Å²) in [7, 11) is 0. The number of carbonyl (C=O) groups excluding carboxylic acids is 1. The number of anilines is 1. The van der Waals surface area contributed by atoms with Crippen molar-refractivity contribution in [2.45, 2.75) is 0 Å². The first-order chi connectivity index (χ1) is 9.75. The van der Waals surface area contributed by atoms with Gasteiger partial charge in [0.05, 0.1) is 23.5 Å². The molecule has 0 saturated carbocycles. The third-order valence-electron chi connectivity index (χ3n) is 2.40. The van der Waals surface area contributed by atoms with Gasteiger partial charge in [-0.25, -0.2) is 5.43 Å². The number of rotatable bonds is 5. The Balaban J connectivity index is 1.79. The molecule has 0 spiro atoms. The van der Waals surface area contributed by atoms with Crippen molar-refractivity contribution in [3.05, 3.63) is 59.4 Å². The molecule has 0 saturated heterocycles. The average Bonchev–Trinajstić information content (AvgIpc) is 2.47. The Morgan fingerprint density at radius 1 is 1.30 bits per heavy atom. The van der Waals surface area contributed by atoms with E-state index in [4.69, 9.17) is 11.6 Å². The number of nitrogens with one attached hydrogen (secondary N) is 2. The smallest absolute Gasteiger partial charge is 0.259 e. The predicted octanol–water partition coefficient (Wildman–Crippen LogP) is 2.30. The molecule has 0 aliphatic carbocycles. The topological polar surface area (TPSA) is 66.4 Å². The summed E-state index contributed by atoms with van der Waals surface area (Å²) in [5.74, 6) is -0.259. The van der Waals surface area contributed by atoms with Gasteiger partial charge in [-0.15, -0.1) is 0 Å². The number of nitrogens with zero attached hydrogens (tertiary/aromatic N) is 2. The van der Waals surface area contributed by atoms with Gasteiger partial charge in [-0.3, -0.25) is 9.78 Å². The monoisotopic (exact) mass is 288 g/mol. The largest absolute Gasteiger partial charge is 0.375 e. The van der Waals surface area contributed by atoms with Gasteiger partial charge in [-0.05, 0) is 18.2 Å². The van der Waals surface area contributed by atoms with Crippen LogP contribution in [-0.2, 0) is 4.79 Å². The van der Waals surface area contributed by atoms with Crippen LogP contribution in [0.15, 0.2) is 53.9 Å². The summed E-state index contributed by atoms with van der Waals surface area (Å²) in [6.45, 7) is 0.0914. The maximum Gasteiger partial charge on any atom is 0.259 e. The molecule has 1 aromatic carbocycles. The Hall–Kier alpha value is -2.40. The quantitative estimate of drug-likeness (QED) is 0.655. The van der Waals surface area contributed by atoms with Gasteiger partial charge in [0.15, 0.2) is 0 Å². The molecular formula is C14H13ClN4O. The molecule has 1 aromatic heterocycles. The zero-order valence-corrected chi connectivity index (χ0v) is 11.3. The van der Waals surface area contributed by atoms with Crippen molar-refractivity contribution < 1.29 is 4.79 Å². The minimum absolute atomic E-state index is 0.0914. The van der Waals surface area contributed by atoms with E-state index < -0.39 is 0 Å². The Kier molecular flexibility index (Phi) is 5.08. The van der Waals surface area contributed by atoms with E-state index in [1.165, 1.54) is 6.21 Å². The minimum atomic E-state index is -0.259. The number of pyridine rings is 1. The van der Waals surface area contributed by atoms with Crippen molar-refractivity contribution in [2.75, 3.05) is 11.9 Å². The van der Waals surface area contributed by atoms with Crippen LogP contribution in [0, 0.1) is 0 Å². The molecule has 0 atom stereocenters. The van der Waals surface area contributed by atoms with Gasteiger partial charge in [-0.1, -0.05) is 29.8 Å². The van der Waals surface area contributed by atoms with Crippen LogP contribution >= 0.6 is 11.6 Å². The number of benzene rings is 1. The molecule has 6 heteroatoms. The van der Waals surface area contributed by atoms with Crippen LogP contribution in [0.4, 0.5) is 5.69 Å². The third-order valence-corrected chi connectivity index (χ3v) is 2.73. The van der Waals surface area contributed by atoms with Gasteiger partial charge >= 0.3 is 0 Å². The highest BCUT2D eigenvalue weighted by Crippen LogP contribution is 2.19. The number of para-hydroxylation sites is 1. The summed E-state index contributed by atoms with van der Waals surface area (Å²) in [6.07, 6.45) is 4.85. The molecule has 2 N–H and O–H groups in total. The van der Waals surface area contributed by atoms with Crippen molar-refractivity contribution in [3.8, 4) is 0 Å². The fourth-order valence-electron chi connectivity index (χ4n) is 1.45. The van der Waals surface area contributed by atoms with Gasteiger partial charge in [0.25, 0.3) is 5.91 Å². The molecule has 0 radical (unpaired) electrons. The molecule has 1 amide bonds. The average molecular weight is 289 g/mol. The summed E-state index contributed by atoms with van der Waals surface area (Å²) in [5, 5.41) is 7.34. The Labute approximate surface area is 121 Å². The molecule has 5 nitrogen and oxygen atoms in total. The molecule has 0 aliphatic rings. The summed E-state index contributed by atoms with van der Waals surface area (Å²) < 4.78 is 0. The van der Waals surface area contributed by atoms with E-state index in [0.717, 1.165) is 5.56 Å². The lowest BCUT2D eigenvalue weighted by atomic mass is 10.3. The molecule has 2 rings (SSSR count). The van der Waals surface area contributed by atoms with Crippen LogP contribution in [0.2, 0.25) is 5.02 Å². The zero-order valence-electron chi connectivity index (χ0n) is 10.6. The second kappa shape index (κ2) is 7.25. The Morgan fingerprint density at radius 3 is 2.90 bits per heavy atom. The number of halogens is 1. The molecule has 2 aromatic rings. The number of aromatic nitrogens is 1. The molecule has 1 heterocycles. The van der Waals surface area contributed by atoms with Crippen LogP contribution in [0.3, 0.4) is 0 Å². The highest BCUT2D eigenvalue weighted by Gasteiger charge is 2.01. The van der Waals surface area contributed by atoms with E-state index in [9.17, 15) is 4.79 Å². The number of hydrazone groups is 1. The molecule has 0 aliphatic heterocycles. The van der Waals surface area contributed by atoms with Crippen molar-refractivity contribution in [1.29, 1.82) is 0 Å². The SMILES string of the molecule is O=C(CNc1ccccc1Cl)NN=Cc1cccnc1. The summed E-state index contributed by atoms with van der Waals surface area (Å²) in [6, 6.07) is 10.8. The van der Waals surface area contributed by atoms with E-state index in [-0.39, 0.29) is 12.5 Å². The van der Waals surface area contributed by atoms with Crippen molar-refractivity contribution in [2.24, 2.45) is 5.10 Å². The minimum Gasteiger partial charge on any atom is -0.375 e. The van der Waals surface area contributed by atoms with Gasteiger partial charge in [0.2, 0.25) is 0 Å². The van der Waals surface area contributed by atoms with E-state index in [1.54, 1.807) is 30.6 Å². The van der Waals surface area contributed by atoms with Gasteiger partial charge in [0, 0.05) is 18.0 Å². The standard InChI is InChI=1S/C14H13ClN4O/c15-12-5-1-2-6-13(12)17-10-14(20)19-18-9-11-4-3-7-16-8-11/h1-9,17H,10H2,(H,19,20). The molecule has 0 fully saturated rings. The lowest BCUT2D eigenvalue weighted by molar-refractivity contribution is -0.119. The number of amides is 1. The summed E-state index contributed by atoms with van der Waals surface area (Å²) in [5.41, 5.74) is 3.94. The van der Waals surface area contributed by atoms with Crippen LogP contribution in [-0.4, -0.2) is 23.7 Å². The third kappa shape index (κ3) is 4.37. The first kappa shape index (κ1) is 14.0. The number of carbonyl (C=O) groups is 1. The van der Waals surface area contributed by atoms with Crippen LogP contribution < -0.4 is 10.7 Å². The normalized spacial score (nSPS) is 10.4. The second-order valence-corrected chi connectivity index (χ2v) is 4.32. The summed E-state index contributed by atoms with van der Waals surface area (Å²) in [4.78, 5) is 15.5. The molecule has 0 bridgehead atoms. The number of hydrogen-bond donors (Lipinski definition) is 2. The molecule has 0 unspecified atom stereocenters.